The fourth-order valence-electron chi connectivity index (χ4n) is 0.462. The lowest BCUT2D eigenvalue weighted by atomic mass is 10.4. The second-order valence-corrected chi connectivity index (χ2v) is 3.13. The highest BCUT2D eigenvalue weighted by Gasteiger charge is 2.00. The molecule has 0 aliphatic rings. The van der Waals surface area contributed by atoms with Crippen LogP contribution in [0.25, 0.3) is 0 Å². The van der Waals surface area contributed by atoms with E-state index in [0.29, 0.717) is 21.1 Å². The first-order valence-electron chi connectivity index (χ1n) is 3.44. The van der Waals surface area contributed by atoms with Gasteiger partial charge in [0.15, 0.2) is 0 Å². The molecular formula is C8H12O2Si. The Morgan fingerprint density at radius 1 is 1.73 bits per heavy atom. The summed E-state index contributed by atoms with van der Waals surface area (Å²) in [6.07, 6.45) is 0.841. The van der Waals surface area contributed by atoms with Crippen molar-refractivity contribution in [2.75, 3.05) is 6.61 Å². The minimum atomic E-state index is -0.314. The highest BCUT2D eigenvalue weighted by atomic mass is 28.2. The molecule has 0 atom stereocenters. The van der Waals surface area contributed by atoms with Crippen LogP contribution in [0.2, 0.25) is 6.04 Å². The zero-order valence-electron chi connectivity index (χ0n) is 6.72. The second kappa shape index (κ2) is 5.95. The predicted octanol–water partition coefficient (Wildman–Crippen LogP) is 1.21. The van der Waals surface area contributed by atoms with Gasteiger partial charge in [0.25, 0.3) is 0 Å². The predicted molar refractivity (Wildman–Crippen MR) is 45.9 cm³/mol. The molecule has 0 saturated carbocycles. The lowest BCUT2D eigenvalue weighted by Crippen LogP contribution is -2.05. The Hall–Kier alpha value is -0.793. The maximum absolute atomic E-state index is 10.8. The van der Waals surface area contributed by atoms with Crippen LogP contribution < -0.4 is 0 Å². The van der Waals surface area contributed by atoms with Crippen molar-refractivity contribution in [3.63, 3.8) is 0 Å². The van der Waals surface area contributed by atoms with Gasteiger partial charge in [0, 0.05) is 5.57 Å². The molecule has 0 N–H and O–H groups in total. The SMILES string of the molecule is C#[Si]CCCOC(=O)C(=C)C. The summed E-state index contributed by atoms with van der Waals surface area (Å²) in [5.41, 5.74) is 0.445. The van der Waals surface area contributed by atoms with E-state index in [-0.39, 0.29) is 5.97 Å². The molecule has 0 heterocycles. The molecule has 11 heavy (non-hydrogen) atoms. The Kier molecular flexibility index (Phi) is 5.52. The van der Waals surface area contributed by atoms with Crippen LogP contribution in [0.5, 0.6) is 0 Å². The van der Waals surface area contributed by atoms with Crippen LogP contribution in [0.1, 0.15) is 13.3 Å². The summed E-state index contributed by atoms with van der Waals surface area (Å²) in [7, 11) is 0.442. The standard InChI is InChI=1S/C8H12O2Si/c1-7(2)8(9)10-5-4-6-11-3/h3H,1,4-6H2,2H3. The number of hydrogen-bond acceptors (Lipinski definition) is 2. The smallest absolute Gasteiger partial charge is 0.333 e. The van der Waals surface area contributed by atoms with Crippen LogP contribution in [-0.2, 0) is 9.53 Å². The van der Waals surface area contributed by atoms with Crippen LogP contribution >= 0.6 is 0 Å². The Morgan fingerprint density at radius 3 is 2.82 bits per heavy atom. The van der Waals surface area contributed by atoms with E-state index in [1.807, 2.05) is 0 Å². The van der Waals surface area contributed by atoms with E-state index in [0.717, 1.165) is 12.5 Å². The van der Waals surface area contributed by atoms with E-state index in [4.69, 9.17) is 10.7 Å². The molecule has 0 aliphatic heterocycles. The van der Waals surface area contributed by atoms with Crippen LogP contribution in [0.3, 0.4) is 0 Å². The summed E-state index contributed by atoms with van der Waals surface area (Å²) >= 11 is 0. The van der Waals surface area contributed by atoms with Crippen molar-refractivity contribution in [3.05, 3.63) is 12.2 Å². The molecule has 0 radical (unpaired) electrons. The van der Waals surface area contributed by atoms with Crippen LogP contribution in [-0.4, -0.2) is 21.5 Å². The quantitative estimate of drug-likeness (QED) is 0.273. The Morgan fingerprint density at radius 2 is 2.36 bits per heavy atom. The number of ether oxygens (including phenoxy) is 1. The van der Waals surface area contributed by atoms with Gasteiger partial charge >= 0.3 is 5.97 Å². The summed E-state index contributed by atoms with van der Waals surface area (Å²) in [4.78, 5) is 10.8. The molecule has 0 saturated heterocycles. The third-order valence-electron chi connectivity index (χ3n) is 1.05. The first-order valence-corrected chi connectivity index (χ1v) is 4.73. The topological polar surface area (TPSA) is 26.3 Å². The van der Waals surface area contributed by atoms with Crippen molar-refractivity contribution in [3.8, 4) is 6.00 Å². The second-order valence-electron chi connectivity index (χ2n) is 2.22. The normalized spacial score (nSPS) is 8.36. The molecule has 2 nitrogen and oxygen atoms in total. The first kappa shape index (κ1) is 10.2. The fraction of sp³-hybridized carbons (Fsp3) is 0.500. The molecule has 0 rings (SSSR count). The highest BCUT2D eigenvalue weighted by Crippen LogP contribution is 1.94. The first-order chi connectivity index (χ1) is 5.18. The third-order valence-corrected chi connectivity index (χ3v) is 1.69. The molecule has 0 aromatic rings. The van der Waals surface area contributed by atoms with Crippen LogP contribution in [0.15, 0.2) is 12.2 Å². The van der Waals surface area contributed by atoms with Gasteiger partial charge in [-0.25, -0.2) is 4.79 Å². The number of esters is 1. The molecular weight excluding hydrogens is 156 g/mol. The van der Waals surface area contributed by atoms with Gasteiger partial charge in [-0.05, 0) is 28.3 Å². The maximum atomic E-state index is 10.8. The van der Waals surface area contributed by atoms with Crippen molar-refractivity contribution < 1.29 is 9.53 Å². The zero-order chi connectivity index (χ0) is 8.69. The molecule has 0 fully saturated rings. The zero-order valence-corrected chi connectivity index (χ0v) is 7.72. The molecule has 0 aromatic heterocycles. The van der Waals surface area contributed by atoms with Gasteiger partial charge < -0.3 is 4.74 Å². The molecule has 0 bridgehead atoms. The third kappa shape index (κ3) is 5.64. The van der Waals surface area contributed by atoms with Crippen molar-refractivity contribution in [1.29, 1.82) is 0 Å². The van der Waals surface area contributed by atoms with E-state index < -0.39 is 0 Å². The van der Waals surface area contributed by atoms with Crippen LogP contribution in [0.4, 0.5) is 0 Å². The van der Waals surface area contributed by atoms with Gasteiger partial charge in [0.2, 0.25) is 0 Å². The van der Waals surface area contributed by atoms with E-state index in [9.17, 15) is 4.79 Å². The summed E-state index contributed by atoms with van der Waals surface area (Å²) in [6, 6.07) is 6.20. The van der Waals surface area contributed by atoms with Crippen molar-refractivity contribution in [1.82, 2.24) is 0 Å². The van der Waals surface area contributed by atoms with Crippen molar-refractivity contribution in [2.45, 2.75) is 19.4 Å². The minimum Gasteiger partial charge on any atom is -0.462 e. The molecule has 0 aliphatic carbocycles. The molecule has 0 unspecified atom stereocenters. The van der Waals surface area contributed by atoms with E-state index in [1.165, 1.54) is 0 Å². The lowest BCUT2D eigenvalue weighted by molar-refractivity contribution is -0.138. The van der Waals surface area contributed by atoms with E-state index >= 15 is 0 Å². The molecule has 0 amide bonds. The minimum absolute atomic E-state index is 0.314. The summed E-state index contributed by atoms with van der Waals surface area (Å²) < 4.78 is 4.82. The lowest BCUT2D eigenvalue weighted by Gasteiger charge is -2.01. The Bertz CT molecular complexity index is 191. The summed E-state index contributed by atoms with van der Waals surface area (Å²) in [5, 5.41) is 0. The summed E-state index contributed by atoms with van der Waals surface area (Å²) in [5.74, 6) is -0.314. The summed E-state index contributed by atoms with van der Waals surface area (Å²) in [6.45, 7) is 5.54. The van der Waals surface area contributed by atoms with Crippen LogP contribution in [0, 0.1) is 6.00 Å². The van der Waals surface area contributed by atoms with Gasteiger partial charge in [-0.1, -0.05) is 6.58 Å². The molecule has 3 heteroatoms. The van der Waals surface area contributed by atoms with Gasteiger partial charge in [0.1, 0.15) is 0 Å². The molecule has 0 spiro atoms. The van der Waals surface area contributed by atoms with E-state index in [2.05, 4.69) is 6.58 Å². The maximum Gasteiger partial charge on any atom is 0.333 e. The molecule has 0 aromatic carbocycles. The molecule has 60 valence electrons. The van der Waals surface area contributed by atoms with Crippen molar-refractivity contribution >= 4 is 14.9 Å². The van der Waals surface area contributed by atoms with Gasteiger partial charge in [-0.3, -0.25) is 0 Å². The van der Waals surface area contributed by atoms with Crippen molar-refractivity contribution in [2.24, 2.45) is 0 Å². The number of hydrogen-bond donors (Lipinski definition) is 0. The number of rotatable bonds is 4. The Balaban J connectivity index is 3.34. The van der Waals surface area contributed by atoms with Gasteiger partial charge in [-0.2, -0.15) is 6.00 Å². The average molecular weight is 168 g/mol. The fourth-order valence-corrected chi connectivity index (χ4v) is 0.811. The van der Waals surface area contributed by atoms with Gasteiger partial charge in [-0.15, -0.1) is 0 Å². The largest absolute Gasteiger partial charge is 0.462 e. The average Bonchev–Trinajstić information content (AvgIpc) is 1.97. The number of carbonyl (C=O) groups is 1. The van der Waals surface area contributed by atoms with Gasteiger partial charge in [0.05, 0.1) is 6.61 Å². The monoisotopic (exact) mass is 168 g/mol. The number of carbonyl (C=O) groups excluding carboxylic acids is 1. The Labute approximate surface area is 69.3 Å². The highest BCUT2D eigenvalue weighted by molar-refractivity contribution is 6.21. The van der Waals surface area contributed by atoms with E-state index in [1.54, 1.807) is 6.92 Å².